The highest BCUT2D eigenvalue weighted by Crippen LogP contribution is 2.23. The van der Waals surface area contributed by atoms with E-state index in [2.05, 4.69) is 57.0 Å². The van der Waals surface area contributed by atoms with Gasteiger partial charge in [0.1, 0.15) is 0 Å². The van der Waals surface area contributed by atoms with Crippen LogP contribution in [0.25, 0.3) is 0 Å². The fourth-order valence-corrected chi connectivity index (χ4v) is 2.64. The van der Waals surface area contributed by atoms with Crippen molar-refractivity contribution in [3.63, 3.8) is 0 Å². The van der Waals surface area contributed by atoms with E-state index in [9.17, 15) is 0 Å². The van der Waals surface area contributed by atoms with E-state index < -0.39 is 0 Å². The van der Waals surface area contributed by atoms with Crippen molar-refractivity contribution in [1.82, 2.24) is 9.80 Å². The second-order valence-electron chi connectivity index (χ2n) is 4.62. The number of likely N-dealkylation sites (N-methyl/N-ethyl adjacent to an activating group) is 1. The van der Waals surface area contributed by atoms with E-state index >= 15 is 0 Å². The number of alkyl halides is 1. The molecule has 1 aliphatic heterocycles. The van der Waals surface area contributed by atoms with Crippen LogP contribution < -0.4 is 0 Å². The van der Waals surface area contributed by atoms with Crippen LogP contribution in [0.3, 0.4) is 0 Å². The highest BCUT2D eigenvalue weighted by atomic mass is 79.9. The smallest absolute Gasteiger partial charge is 0.0712 e. The molecule has 17 heavy (non-hydrogen) atoms. The molecular weight excluding hydrogens is 300 g/mol. The van der Waals surface area contributed by atoms with E-state index in [-0.39, 0.29) is 5.38 Å². The van der Waals surface area contributed by atoms with Crippen molar-refractivity contribution in [2.45, 2.75) is 5.38 Å². The molecule has 1 aromatic rings. The molecule has 1 unspecified atom stereocenters. The molecule has 1 heterocycles. The average Bonchev–Trinajstić information content (AvgIpc) is 2.33. The lowest BCUT2D eigenvalue weighted by molar-refractivity contribution is 0.154. The van der Waals surface area contributed by atoms with Crippen LogP contribution in [-0.4, -0.2) is 49.6 Å². The number of piperazine rings is 1. The highest BCUT2D eigenvalue weighted by molar-refractivity contribution is 9.10. The first-order valence-electron chi connectivity index (χ1n) is 5.95. The summed E-state index contributed by atoms with van der Waals surface area (Å²) in [5.74, 6) is 0. The Balaban J connectivity index is 1.88. The Kier molecular flexibility index (Phi) is 4.86. The molecule has 0 amide bonds. The molecule has 2 nitrogen and oxygen atoms in total. The number of nitrogens with zero attached hydrogens (tertiary/aromatic N) is 2. The predicted octanol–water partition coefficient (Wildman–Crippen LogP) is 2.98. The second-order valence-corrected chi connectivity index (χ2v) is 6.07. The largest absolute Gasteiger partial charge is 0.304 e. The minimum atomic E-state index is 0.0894. The topological polar surface area (TPSA) is 6.48 Å². The van der Waals surface area contributed by atoms with Crippen molar-refractivity contribution in [3.05, 3.63) is 34.3 Å². The lowest BCUT2D eigenvalue weighted by Crippen LogP contribution is -2.45. The Morgan fingerprint density at radius 2 is 1.76 bits per heavy atom. The Labute approximate surface area is 117 Å². The molecule has 94 valence electrons. The number of rotatable bonds is 3. The van der Waals surface area contributed by atoms with Crippen LogP contribution in [0.1, 0.15) is 10.9 Å². The van der Waals surface area contributed by atoms with Crippen LogP contribution in [0, 0.1) is 0 Å². The standard InChI is InChI=1S/C13H18BrClN2/c1-16-6-8-17(9-7-16)10-13(15)11-2-4-12(14)5-3-11/h2-5,13H,6-10H2,1H3. The zero-order valence-corrected chi connectivity index (χ0v) is 12.4. The molecule has 0 spiro atoms. The normalized spacial score (nSPS) is 20.4. The van der Waals surface area contributed by atoms with Gasteiger partial charge in [0, 0.05) is 37.2 Å². The third kappa shape index (κ3) is 3.95. The van der Waals surface area contributed by atoms with Crippen molar-refractivity contribution in [2.24, 2.45) is 0 Å². The molecule has 1 atom stereocenters. The quantitative estimate of drug-likeness (QED) is 0.791. The van der Waals surface area contributed by atoms with Crippen LogP contribution in [0.4, 0.5) is 0 Å². The Morgan fingerprint density at radius 1 is 1.18 bits per heavy atom. The summed E-state index contributed by atoms with van der Waals surface area (Å²) in [6.07, 6.45) is 0. The number of hydrogen-bond donors (Lipinski definition) is 0. The SMILES string of the molecule is CN1CCN(CC(Cl)c2ccc(Br)cc2)CC1. The zero-order valence-electron chi connectivity index (χ0n) is 10.1. The van der Waals surface area contributed by atoms with Crippen LogP contribution in [-0.2, 0) is 0 Å². The van der Waals surface area contributed by atoms with Gasteiger partial charge in [-0.15, -0.1) is 11.6 Å². The van der Waals surface area contributed by atoms with E-state index in [0.29, 0.717) is 0 Å². The van der Waals surface area contributed by atoms with Gasteiger partial charge in [-0.3, -0.25) is 4.90 Å². The average molecular weight is 318 g/mol. The first-order valence-corrected chi connectivity index (χ1v) is 7.18. The zero-order chi connectivity index (χ0) is 12.3. The molecule has 1 saturated heterocycles. The first-order chi connectivity index (χ1) is 8.15. The maximum atomic E-state index is 6.46. The summed E-state index contributed by atoms with van der Waals surface area (Å²) in [6, 6.07) is 8.29. The summed E-state index contributed by atoms with van der Waals surface area (Å²) >= 11 is 9.90. The van der Waals surface area contributed by atoms with Crippen molar-refractivity contribution < 1.29 is 0 Å². The predicted molar refractivity (Wildman–Crippen MR) is 76.7 cm³/mol. The summed E-state index contributed by atoms with van der Waals surface area (Å²) in [7, 11) is 2.17. The molecule has 0 N–H and O–H groups in total. The molecule has 1 aromatic carbocycles. The van der Waals surface area contributed by atoms with Gasteiger partial charge in [-0.25, -0.2) is 0 Å². The second kappa shape index (κ2) is 6.19. The van der Waals surface area contributed by atoms with E-state index in [4.69, 9.17) is 11.6 Å². The summed E-state index contributed by atoms with van der Waals surface area (Å²) in [5, 5.41) is 0.0894. The van der Waals surface area contributed by atoms with Gasteiger partial charge in [0.2, 0.25) is 0 Å². The van der Waals surface area contributed by atoms with Gasteiger partial charge in [-0.2, -0.15) is 0 Å². The number of benzene rings is 1. The lowest BCUT2D eigenvalue weighted by atomic mass is 10.1. The molecular formula is C13H18BrClN2. The maximum Gasteiger partial charge on any atom is 0.0712 e. The summed E-state index contributed by atoms with van der Waals surface area (Å²) in [4.78, 5) is 4.80. The third-order valence-corrected chi connectivity index (χ3v) is 4.16. The minimum absolute atomic E-state index is 0.0894. The Morgan fingerprint density at radius 3 is 2.35 bits per heavy atom. The van der Waals surface area contributed by atoms with Crippen molar-refractivity contribution in [3.8, 4) is 0 Å². The van der Waals surface area contributed by atoms with Gasteiger partial charge in [0.25, 0.3) is 0 Å². The van der Waals surface area contributed by atoms with Gasteiger partial charge >= 0.3 is 0 Å². The highest BCUT2D eigenvalue weighted by Gasteiger charge is 2.17. The molecule has 2 rings (SSSR count). The summed E-state index contributed by atoms with van der Waals surface area (Å²) in [6.45, 7) is 5.47. The fraction of sp³-hybridized carbons (Fsp3) is 0.538. The van der Waals surface area contributed by atoms with Gasteiger partial charge in [-0.05, 0) is 24.7 Å². The van der Waals surface area contributed by atoms with Gasteiger partial charge in [-0.1, -0.05) is 28.1 Å². The van der Waals surface area contributed by atoms with Crippen LogP contribution in [0.15, 0.2) is 28.7 Å². The fourth-order valence-electron chi connectivity index (χ4n) is 2.03. The molecule has 1 aliphatic rings. The van der Waals surface area contributed by atoms with Crippen LogP contribution >= 0.6 is 27.5 Å². The van der Waals surface area contributed by atoms with Gasteiger partial charge in [0.05, 0.1) is 5.38 Å². The number of hydrogen-bond acceptors (Lipinski definition) is 2. The lowest BCUT2D eigenvalue weighted by Gasteiger charge is -2.33. The molecule has 4 heteroatoms. The van der Waals surface area contributed by atoms with Gasteiger partial charge in [0.15, 0.2) is 0 Å². The van der Waals surface area contributed by atoms with Crippen molar-refractivity contribution >= 4 is 27.5 Å². The van der Waals surface area contributed by atoms with E-state index in [1.54, 1.807) is 0 Å². The minimum Gasteiger partial charge on any atom is -0.304 e. The molecule has 1 fully saturated rings. The van der Waals surface area contributed by atoms with Crippen molar-refractivity contribution in [1.29, 1.82) is 0 Å². The molecule has 0 saturated carbocycles. The molecule has 0 radical (unpaired) electrons. The summed E-state index contributed by atoms with van der Waals surface area (Å²) in [5.41, 5.74) is 1.20. The molecule has 0 aromatic heterocycles. The van der Waals surface area contributed by atoms with Crippen molar-refractivity contribution in [2.75, 3.05) is 39.8 Å². The third-order valence-electron chi connectivity index (χ3n) is 3.25. The maximum absolute atomic E-state index is 6.46. The van der Waals surface area contributed by atoms with E-state index in [0.717, 1.165) is 37.2 Å². The van der Waals surface area contributed by atoms with E-state index in [1.165, 1.54) is 5.56 Å². The molecule has 0 aliphatic carbocycles. The summed E-state index contributed by atoms with van der Waals surface area (Å²) < 4.78 is 1.10. The number of halogens is 2. The molecule has 0 bridgehead atoms. The Hall–Kier alpha value is -0.0900. The van der Waals surface area contributed by atoms with Crippen LogP contribution in [0.2, 0.25) is 0 Å². The first kappa shape index (κ1) is 13.3. The van der Waals surface area contributed by atoms with Gasteiger partial charge < -0.3 is 4.90 Å². The van der Waals surface area contributed by atoms with Crippen LogP contribution in [0.5, 0.6) is 0 Å². The Bertz CT molecular complexity index is 347. The van der Waals surface area contributed by atoms with E-state index in [1.807, 2.05) is 0 Å². The monoisotopic (exact) mass is 316 g/mol.